The highest BCUT2D eigenvalue weighted by Crippen LogP contribution is 2.38. The van der Waals surface area contributed by atoms with Gasteiger partial charge in [-0.05, 0) is 103 Å². The number of carbonyl (C=O) groups excluding carboxylic acids is 2. The molecule has 0 saturated carbocycles. The minimum Gasteiger partial charge on any atom is -0.756 e. The summed E-state index contributed by atoms with van der Waals surface area (Å²) in [5.41, 5.74) is 0. The maximum Gasteiger partial charge on any atom is 0.306 e. The van der Waals surface area contributed by atoms with Crippen molar-refractivity contribution in [3.63, 3.8) is 0 Å². The molecule has 0 saturated heterocycles. The molecule has 0 fully saturated rings. The summed E-state index contributed by atoms with van der Waals surface area (Å²) in [5, 5.41) is 0. The summed E-state index contributed by atoms with van der Waals surface area (Å²) in [6.07, 6.45) is 97.3. The molecule has 0 bridgehead atoms. The van der Waals surface area contributed by atoms with Crippen LogP contribution in [0.5, 0.6) is 0 Å². The number of hydrogen-bond acceptors (Lipinski definition) is 8. The Bertz CT molecular complexity index is 1900. The summed E-state index contributed by atoms with van der Waals surface area (Å²) in [4.78, 5) is 38.1. The Morgan fingerprint density at radius 1 is 0.352 bits per heavy atom. The SMILES string of the molecule is CC/C=C\C/C=C\C/C=C\C/C=C\C/C=C\CCCCCCCCCCCCCCCCCCCCCCCCCCCC(=O)OC(COC(=O)CCCCCCCCC/C=C\C/C=C\C/C=C\C/C=C\C/C=C\CC)COP(=O)([O-])OCC[N+](C)(C)C. The van der Waals surface area contributed by atoms with Crippen LogP contribution in [0.4, 0.5) is 0 Å². The lowest BCUT2D eigenvalue weighted by atomic mass is 10.0. The molecule has 9 nitrogen and oxygen atoms in total. The summed E-state index contributed by atoms with van der Waals surface area (Å²) in [5.74, 6) is -0.840. The molecule has 0 heterocycles. The number of likely N-dealkylation sites (N-methyl/N-ethyl adjacent to an activating group) is 1. The van der Waals surface area contributed by atoms with Gasteiger partial charge in [-0.15, -0.1) is 0 Å². The van der Waals surface area contributed by atoms with Gasteiger partial charge in [0.05, 0.1) is 27.7 Å². The summed E-state index contributed by atoms with van der Waals surface area (Å²) >= 11 is 0. The van der Waals surface area contributed by atoms with Gasteiger partial charge in [0.15, 0.2) is 6.10 Å². The van der Waals surface area contributed by atoms with Gasteiger partial charge in [-0.1, -0.05) is 315 Å². The van der Waals surface area contributed by atoms with E-state index in [0.717, 1.165) is 109 Å². The summed E-state index contributed by atoms with van der Waals surface area (Å²) in [6.45, 7) is 4.02. The van der Waals surface area contributed by atoms with E-state index in [-0.39, 0.29) is 26.1 Å². The average Bonchev–Trinajstić information content (AvgIpc) is 3.58. The number of esters is 2. The third-order valence-corrected chi connectivity index (χ3v) is 16.4. The minimum absolute atomic E-state index is 0.0360. The standard InChI is InChI=1S/C78H136NO8P/c1-6-8-10-12-14-16-18-20-22-24-26-28-30-31-32-33-34-35-36-37-38-39-40-41-42-43-44-45-46-47-49-51-53-55-57-59-61-63-65-67-69-71-78(81)87-76(75-86-88(82,83)85-73-72-79(3,4)5)74-84-77(80)70-68-66-64-62-60-58-56-54-52-50-48-29-27-25-23-21-19-17-15-13-11-9-7-2/h8-11,14-17,20-23,26-29,31-32,50,52,76H,6-7,12-13,18-19,24-25,30,33-49,51,53-75H2,1-5H3/b10-8-,11-9-,16-14-,17-15-,22-20-,23-21-,28-26-,29-27-,32-31-,52-50-. The van der Waals surface area contributed by atoms with Crippen molar-refractivity contribution in [1.82, 2.24) is 0 Å². The number of unbranched alkanes of at least 4 members (excludes halogenated alkanes) is 32. The second-order valence-electron chi connectivity index (χ2n) is 25.2. The van der Waals surface area contributed by atoms with Gasteiger partial charge in [-0.3, -0.25) is 14.2 Å². The monoisotopic (exact) mass is 1250 g/mol. The fourth-order valence-electron chi connectivity index (χ4n) is 10.0. The van der Waals surface area contributed by atoms with Crippen molar-refractivity contribution in [2.24, 2.45) is 0 Å². The first-order chi connectivity index (χ1) is 43.0. The summed E-state index contributed by atoms with van der Waals surface area (Å²) < 4.78 is 34.3. The molecule has 2 unspecified atom stereocenters. The minimum atomic E-state index is -4.65. The van der Waals surface area contributed by atoms with Crippen molar-refractivity contribution in [3.8, 4) is 0 Å². The van der Waals surface area contributed by atoms with E-state index < -0.39 is 32.5 Å². The van der Waals surface area contributed by atoms with Crippen LogP contribution in [0, 0.1) is 0 Å². The maximum absolute atomic E-state index is 12.9. The Balaban J connectivity index is 3.96. The highest BCUT2D eigenvalue weighted by molar-refractivity contribution is 7.45. The molecule has 0 aromatic heterocycles. The quantitative estimate of drug-likeness (QED) is 0.0195. The summed E-state index contributed by atoms with van der Waals surface area (Å²) in [7, 11) is 1.16. The molecule has 0 aliphatic carbocycles. The first-order valence-electron chi connectivity index (χ1n) is 36.2. The molecule has 2 atom stereocenters. The largest absolute Gasteiger partial charge is 0.756 e. The smallest absolute Gasteiger partial charge is 0.306 e. The van der Waals surface area contributed by atoms with Crippen LogP contribution in [0.3, 0.4) is 0 Å². The third-order valence-electron chi connectivity index (χ3n) is 15.5. The zero-order chi connectivity index (χ0) is 64.1. The van der Waals surface area contributed by atoms with Gasteiger partial charge in [0.25, 0.3) is 7.82 Å². The van der Waals surface area contributed by atoms with Crippen molar-refractivity contribution in [3.05, 3.63) is 122 Å². The molecule has 0 radical (unpaired) electrons. The second-order valence-corrected chi connectivity index (χ2v) is 26.6. The highest BCUT2D eigenvalue weighted by Gasteiger charge is 2.22. The van der Waals surface area contributed by atoms with E-state index in [1.165, 1.54) is 161 Å². The normalized spacial score (nSPS) is 13.8. The predicted octanol–water partition coefficient (Wildman–Crippen LogP) is 23.2. The molecular formula is C78H136NO8P. The number of nitrogens with zero attached hydrogens (tertiary/aromatic N) is 1. The van der Waals surface area contributed by atoms with Crippen LogP contribution >= 0.6 is 7.82 Å². The van der Waals surface area contributed by atoms with Crippen LogP contribution in [-0.4, -0.2) is 70.0 Å². The number of rotatable bonds is 66. The maximum atomic E-state index is 12.9. The van der Waals surface area contributed by atoms with Crippen LogP contribution in [0.15, 0.2) is 122 Å². The first-order valence-corrected chi connectivity index (χ1v) is 37.7. The molecule has 0 rings (SSSR count). The number of phosphoric ester groups is 1. The first kappa shape index (κ1) is 84.4. The number of quaternary nitrogens is 1. The zero-order valence-electron chi connectivity index (χ0n) is 57.6. The Labute approximate surface area is 543 Å². The fraction of sp³-hybridized carbons (Fsp3) is 0.718. The van der Waals surface area contributed by atoms with Gasteiger partial charge in [0.1, 0.15) is 19.8 Å². The van der Waals surface area contributed by atoms with Crippen molar-refractivity contribution in [2.45, 2.75) is 315 Å². The lowest BCUT2D eigenvalue weighted by Gasteiger charge is -2.28. The van der Waals surface area contributed by atoms with Crippen molar-refractivity contribution >= 4 is 19.8 Å². The van der Waals surface area contributed by atoms with Gasteiger partial charge in [-0.2, -0.15) is 0 Å². The van der Waals surface area contributed by atoms with Gasteiger partial charge in [0.2, 0.25) is 0 Å². The topological polar surface area (TPSA) is 111 Å². The molecule has 0 aliphatic rings. The van der Waals surface area contributed by atoms with E-state index in [2.05, 4.69) is 135 Å². The van der Waals surface area contributed by atoms with E-state index in [0.29, 0.717) is 23.9 Å². The van der Waals surface area contributed by atoms with E-state index in [1.54, 1.807) is 0 Å². The van der Waals surface area contributed by atoms with Crippen LogP contribution in [0.25, 0.3) is 0 Å². The second kappa shape index (κ2) is 67.8. The molecule has 0 aliphatic heterocycles. The third kappa shape index (κ3) is 71.5. The lowest BCUT2D eigenvalue weighted by molar-refractivity contribution is -0.870. The molecule has 0 aromatic carbocycles. The van der Waals surface area contributed by atoms with E-state index >= 15 is 0 Å². The van der Waals surface area contributed by atoms with Gasteiger partial charge >= 0.3 is 11.9 Å². The van der Waals surface area contributed by atoms with Crippen LogP contribution in [0.2, 0.25) is 0 Å². The lowest BCUT2D eigenvalue weighted by Crippen LogP contribution is -2.37. The van der Waals surface area contributed by atoms with Crippen LogP contribution < -0.4 is 4.89 Å². The van der Waals surface area contributed by atoms with Crippen molar-refractivity contribution in [1.29, 1.82) is 0 Å². The molecule has 88 heavy (non-hydrogen) atoms. The van der Waals surface area contributed by atoms with Crippen molar-refractivity contribution < 1.29 is 42.1 Å². The average molecular weight is 1250 g/mol. The van der Waals surface area contributed by atoms with Gasteiger partial charge in [-0.25, -0.2) is 0 Å². The number of carbonyl (C=O) groups is 2. The molecule has 0 spiro atoms. The van der Waals surface area contributed by atoms with Crippen LogP contribution in [0.1, 0.15) is 309 Å². The molecule has 0 N–H and O–H groups in total. The van der Waals surface area contributed by atoms with Crippen molar-refractivity contribution in [2.75, 3.05) is 47.5 Å². The fourth-order valence-corrected chi connectivity index (χ4v) is 10.7. The zero-order valence-corrected chi connectivity index (χ0v) is 58.5. The van der Waals surface area contributed by atoms with Gasteiger partial charge in [0, 0.05) is 12.8 Å². The molecule has 10 heteroatoms. The van der Waals surface area contributed by atoms with Crippen LogP contribution in [-0.2, 0) is 32.7 Å². The predicted molar refractivity (Wildman–Crippen MR) is 378 cm³/mol. The van der Waals surface area contributed by atoms with Gasteiger partial charge < -0.3 is 27.9 Å². The molecule has 0 amide bonds. The Hall–Kier alpha value is -3.59. The Morgan fingerprint density at radius 3 is 0.909 bits per heavy atom. The molecular weight excluding hydrogens is 1110 g/mol. The number of ether oxygens (including phenoxy) is 2. The molecule has 0 aromatic rings. The summed E-state index contributed by atoms with van der Waals surface area (Å²) in [6, 6.07) is 0. The Kier molecular flexibility index (Phi) is 65.0. The number of phosphoric acid groups is 1. The number of hydrogen-bond donors (Lipinski definition) is 0. The van der Waals surface area contributed by atoms with E-state index in [9.17, 15) is 19.0 Å². The Morgan fingerprint density at radius 2 is 0.614 bits per heavy atom. The van der Waals surface area contributed by atoms with E-state index in [1.807, 2.05) is 21.1 Å². The molecule has 506 valence electrons. The number of allylic oxidation sites excluding steroid dienone is 20. The van der Waals surface area contributed by atoms with E-state index in [4.69, 9.17) is 18.5 Å². The highest BCUT2D eigenvalue weighted by atomic mass is 31.2.